The van der Waals surface area contributed by atoms with Crippen molar-refractivity contribution in [2.24, 2.45) is 11.8 Å². The highest BCUT2D eigenvalue weighted by Crippen LogP contribution is 2.35. The van der Waals surface area contributed by atoms with Crippen molar-refractivity contribution in [2.75, 3.05) is 36.0 Å². The molecule has 33 heavy (non-hydrogen) atoms. The summed E-state index contributed by atoms with van der Waals surface area (Å²) in [5.41, 5.74) is 1.88. The highest BCUT2D eigenvalue weighted by Gasteiger charge is 2.26. The number of nitro benzene ring substituents is 2. The maximum Gasteiger partial charge on any atom is 0.292 e. The summed E-state index contributed by atoms with van der Waals surface area (Å²) >= 11 is 0. The minimum atomic E-state index is -0.289. The Morgan fingerprint density at radius 3 is 1.39 bits per heavy atom. The fourth-order valence-electron chi connectivity index (χ4n) is 5.39. The Kier molecular flexibility index (Phi) is 7.42. The maximum atomic E-state index is 11.3. The topological polar surface area (TPSA) is 92.8 Å². The van der Waals surface area contributed by atoms with Gasteiger partial charge in [-0.05, 0) is 49.7 Å². The molecular weight excluding hydrogens is 420 g/mol. The first-order valence-corrected chi connectivity index (χ1v) is 12.0. The van der Waals surface area contributed by atoms with Gasteiger partial charge in [0.2, 0.25) is 0 Å². The lowest BCUT2D eigenvalue weighted by Crippen LogP contribution is -2.34. The van der Waals surface area contributed by atoms with E-state index in [2.05, 4.69) is 9.80 Å². The van der Waals surface area contributed by atoms with Crippen LogP contribution >= 0.6 is 0 Å². The number of hydrogen-bond acceptors (Lipinski definition) is 6. The molecule has 0 spiro atoms. The van der Waals surface area contributed by atoms with E-state index < -0.39 is 0 Å². The average Bonchev–Trinajstić information content (AvgIpc) is 2.85. The third-order valence-corrected chi connectivity index (χ3v) is 7.29. The molecule has 2 aromatic carbocycles. The van der Waals surface area contributed by atoms with E-state index in [0.717, 1.165) is 63.2 Å². The van der Waals surface area contributed by atoms with Crippen LogP contribution < -0.4 is 9.80 Å². The Bertz CT molecular complexity index is 889. The van der Waals surface area contributed by atoms with Crippen LogP contribution in [0.25, 0.3) is 0 Å². The molecule has 8 nitrogen and oxygen atoms in total. The normalized spacial score (nSPS) is 17.8. The number of hydrogen-bond donors (Lipinski definition) is 0. The first kappa shape index (κ1) is 23.0. The Hall–Kier alpha value is -3.16. The van der Waals surface area contributed by atoms with E-state index in [1.54, 1.807) is 24.3 Å². The second kappa shape index (κ2) is 10.6. The molecule has 2 aliphatic rings. The van der Waals surface area contributed by atoms with Gasteiger partial charge in [0.05, 0.1) is 9.85 Å². The standard InChI is InChI=1S/C25H32N4O4/c30-28(31)24-10-3-1-8-22(24)26-16-12-20(13-17-26)6-5-7-21-14-18-27(19-15-21)23-9-2-4-11-25(23)29(32)33/h1-4,8-11,20-21H,5-7,12-19H2. The number of piperidine rings is 2. The van der Waals surface area contributed by atoms with Crippen molar-refractivity contribution in [1.29, 1.82) is 0 Å². The Balaban J connectivity index is 1.19. The summed E-state index contributed by atoms with van der Waals surface area (Å²) < 4.78 is 0. The van der Waals surface area contributed by atoms with Crippen LogP contribution in [0.2, 0.25) is 0 Å². The molecule has 2 fully saturated rings. The molecule has 176 valence electrons. The average molecular weight is 453 g/mol. The quantitative estimate of drug-likeness (QED) is 0.371. The summed E-state index contributed by atoms with van der Waals surface area (Å²) in [6.45, 7) is 3.51. The maximum absolute atomic E-state index is 11.3. The first-order valence-electron chi connectivity index (χ1n) is 12.0. The lowest BCUT2D eigenvalue weighted by Gasteiger charge is -2.35. The third kappa shape index (κ3) is 5.61. The van der Waals surface area contributed by atoms with Crippen molar-refractivity contribution in [2.45, 2.75) is 44.9 Å². The smallest absolute Gasteiger partial charge is 0.292 e. The Morgan fingerprint density at radius 1 is 0.667 bits per heavy atom. The van der Waals surface area contributed by atoms with E-state index in [1.807, 2.05) is 24.3 Å². The van der Waals surface area contributed by atoms with E-state index in [1.165, 1.54) is 19.3 Å². The van der Waals surface area contributed by atoms with Gasteiger partial charge in [0, 0.05) is 38.3 Å². The monoisotopic (exact) mass is 452 g/mol. The van der Waals surface area contributed by atoms with Crippen LogP contribution in [0.5, 0.6) is 0 Å². The minimum Gasteiger partial charge on any atom is -0.366 e. The summed E-state index contributed by atoms with van der Waals surface area (Å²) in [6, 6.07) is 14.1. The molecule has 0 aliphatic carbocycles. The van der Waals surface area contributed by atoms with Gasteiger partial charge in [-0.1, -0.05) is 43.5 Å². The summed E-state index contributed by atoms with van der Waals surface area (Å²) in [6.07, 6.45) is 7.99. The van der Waals surface area contributed by atoms with Gasteiger partial charge in [-0.15, -0.1) is 0 Å². The zero-order chi connectivity index (χ0) is 23.2. The van der Waals surface area contributed by atoms with Crippen LogP contribution in [-0.4, -0.2) is 36.0 Å². The Morgan fingerprint density at radius 2 is 1.03 bits per heavy atom. The molecule has 0 atom stereocenters. The summed E-state index contributed by atoms with van der Waals surface area (Å²) in [7, 11) is 0. The van der Waals surface area contributed by atoms with E-state index in [4.69, 9.17) is 0 Å². The van der Waals surface area contributed by atoms with Crippen molar-refractivity contribution in [3.8, 4) is 0 Å². The minimum absolute atomic E-state index is 0.197. The first-order chi connectivity index (χ1) is 16.0. The van der Waals surface area contributed by atoms with Crippen LogP contribution in [0.1, 0.15) is 44.9 Å². The van der Waals surface area contributed by atoms with E-state index in [-0.39, 0.29) is 21.2 Å². The van der Waals surface area contributed by atoms with Gasteiger partial charge in [0.25, 0.3) is 11.4 Å². The summed E-state index contributed by atoms with van der Waals surface area (Å²) in [5, 5.41) is 22.6. The lowest BCUT2D eigenvalue weighted by atomic mass is 9.86. The van der Waals surface area contributed by atoms with Gasteiger partial charge in [-0.25, -0.2) is 0 Å². The summed E-state index contributed by atoms with van der Waals surface area (Å²) in [4.78, 5) is 26.4. The molecule has 0 N–H and O–H groups in total. The van der Waals surface area contributed by atoms with Gasteiger partial charge in [-0.3, -0.25) is 20.2 Å². The molecule has 0 aromatic heterocycles. The lowest BCUT2D eigenvalue weighted by molar-refractivity contribution is -0.384. The van der Waals surface area contributed by atoms with Crippen LogP contribution in [0.15, 0.2) is 48.5 Å². The molecule has 0 amide bonds. The molecule has 2 aromatic rings. The van der Waals surface area contributed by atoms with E-state index >= 15 is 0 Å². The van der Waals surface area contributed by atoms with Gasteiger partial charge < -0.3 is 9.80 Å². The van der Waals surface area contributed by atoms with Crippen molar-refractivity contribution in [3.63, 3.8) is 0 Å². The number of rotatable bonds is 8. The highest BCUT2D eigenvalue weighted by molar-refractivity contribution is 5.64. The number of para-hydroxylation sites is 4. The van der Waals surface area contributed by atoms with Crippen molar-refractivity contribution >= 4 is 22.7 Å². The van der Waals surface area contributed by atoms with Crippen LogP contribution in [-0.2, 0) is 0 Å². The van der Waals surface area contributed by atoms with E-state index in [9.17, 15) is 20.2 Å². The molecule has 0 saturated carbocycles. The Labute approximate surface area is 194 Å². The number of benzene rings is 2. The largest absolute Gasteiger partial charge is 0.366 e. The van der Waals surface area contributed by atoms with Crippen LogP contribution in [0.4, 0.5) is 22.7 Å². The molecule has 2 heterocycles. The second-order valence-corrected chi connectivity index (χ2v) is 9.28. The molecule has 2 aliphatic heterocycles. The van der Waals surface area contributed by atoms with E-state index in [0.29, 0.717) is 11.8 Å². The van der Waals surface area contributed by atoms with Crippen molar-refractivity contribution < 1.29 is 9.85 Å². The molecule has 2 saturated heterocycles. The molecule has 4 rings (SSSR count). The number of anilines is 2. The van der Waals surface area contributed by atoms with Crippen molar-refractivity contribution in [1.82, 2.24) is 0 Å². The third-order valence-electron chi connectivity index (χ3n) is 7.29. The van der Waals surface area contributed by atoms with Gasteiger partial charge >= 0.3 is 0 Å². The fraction of sp³-hybridized carbons (Fsp3) is 0.520. The predicted octanol–water partition coefficient (Wildman–Crippen LogP) is 5.81. The molecule has 0 unspecified atom stereocenters. The number of nitro groups is 2. The van der Waals surface area contributed by atoms with Gasteiger partial charge in [-0.2, -0.15) is 0 Å². The zero-order valence-corrected chi connectivity index (χ0v) is 19.0. The molecule has 0 radical (unpaired) electrons. The van der Waals surface area contributed by atoms with Crippen LogP contribution in [0.3, 0.4) is 0 Å². The van der Waals surface area contributed by atoms with Crippen molar-refractivity contribution in [3.05, 3.63) is 68.8 Å². The predicted molar refractivity (Wildman–Crippen MR) is 130 cm³/mol. The van der Waals surface area contributed by atoms with Gasteiger partial charge in [0.1, 0.15) is 11.4 Å². The molecular formula is C25H32N4O4. The van der Waals surface area contributed by atoms with Gasteiger partial charge in [0.15, 0.2) is 0 Å². The second-order valence-electron chi connectivity index (χ2n) is 9.28. The molecule has 0 bridgehead atoms. The van der Waals surface area contributed by atoms with Crippen LogP contribution in [0, 0.1) is 32.1 Å². The fourth-order valence-corrected chi connectivity index (χ4v) is 5.39. The molecule has 8 heteroatoms. The zero-order valence-electron chi connectivity index (χ0n) is 19.0. The highest BCUT2D eigenvalue weighted by atomic mass is 16.6. The SMILES string of the molecule is O=[N+]([O-])c1ccccc1N1CCC(CCCC2CCN(c3ccccc3[N+](=O)[O-])CC2)CC1. The summed E-state index contributed by atoms with van der Waals surface area (Å²) in [5.74, 6) is 1.38. The number of nitrogens with zero attached hydrogens (tertiary/aromatic N) is 4.